The molecule has 1 heterocycles. The minimum atomic E-state index is 0. The third-order valence-corrected chi connectivity index (χ3v) is 2.80. The van der Waals surface area contributed by atoms with Crippen LogP contribution in [-0.4, -0.2) is 40.4 Å². The molecular formula is C14H27IN6. The lowest BCUT2D eigenvalue weighted by molar-refractivity contribution is 0.633. The van der Waals surface area contributed by atoms with Crippen molar-refractivity contribution in [2.24, 2.45) is 4.99 Å². The largest absolute Gasteiger partial charge is 0.357 e. The summed E-state index contributed by atoms with van der Waals surface area (Å²) in [7, 11) is 0. The second kappa shape index (κ2) is 12.6. The van der Waals surface area contributed by atoms with Crippen molar-refractivity contribution in [2.45, 2.75) is 40.2 Å². The van der Waals surface area contributed by atoms with Crippen molar-refractivity contribution < 1.29 is 0 Å². The standard InChI is InChI=1S/C14H26N6.HI/c1-4-7-8-9-16-14(15-6-3)17-10-11-20-12-18-19-13(20)5-2;/h4,7,12H,5-6,8-11H2,1-3H3,(H2,15,16,17);1H/b7-4+;. The normalized spacial score (nSPS) is 11.5. The topological polar surface area (TPSA) is 67.1 Å². The third-order valence-electron chi connectivity index (χ3n) is 2.80. The number of hydrogen-bond acceptors (Lipinski definition) is 3. The molecule has 0 spiro atoms. The average molecular weight is 406 g/mol. The summed E-state index contributed by atoms with van der Waals surface area (Å²) in [6, 6.07) is 0. The Morgan fingerprint density at radius 3 is 2.86 bits per heavy atom. The first-order valence-electron chi connectivity index (χ1n) is 7.31. The molecule has 0 radical (unpaired) electrons. The van der Waals surface area contributed by atoms with Crippen LogP contribution in [0.5, 0.6) is 0 Å². The maximum Gasteiger partial charge on any atom is 0.191 e. The van der Waals surface area contributed by atoms with Gasteiger partial charge < -0.3 is 15.2 Å². The fourth-order valence-electron chi connectivity index (χ4n) is 1.79. The number of allylic oxidation sites excluding steroid dienone is 1. The molecule has 0 aliphatic carbocycles. The molecule has 1 rings (SSSR count). The number of aryl methyl sites for hydroxylation is 1. The average Bonchev–Trinajstić information content (AvgIpc) is 2.91. The number of rotatable bonds is 8. The molecule has 0 amide bonds. The first-order chi connectivity index (χ1) is 9.81. The van der Waals surface area contributed by atoms with Crippen molar-refractivity contribution in [3.8, 4) is 0 Å². The van der Waals surface area contributed by atoms with Crippen molar-refractivity contribution in [3.05, 3.63) is 24.3 Å². The zero-order valence-electron chi connectivity index (χ0n) is 13.2. The van der Waals surface area contributed by atoms with Gasteiger partial charge in [0.1, 0.15) is 12.2 Å². The number of nitrogens with one attached hydrogen (secondary N) is 2. The van der Waals surface area contributed by atoms with Crippen LogP contribution in [0.3, 0.4) is 0 Å². The summed E-state index contributed by atoms with van der Waals surface area (Å²) in [4.78, 5) is 4.52. The smallest absolute Gasteiger partial charge is 0.191 e. The van der Waals surface area contributed by atoms with Crippen LogP contribution in [0.4, 0.5) is 0 Å². The van der Waals surface area contributed by atoms with Gasteiger partial charge in [-0.05, 0) is 20.3 Å². The molecule has 0 saturated heterocycles. The molecule has 0 atom stereocenters. The lowest BCUT2D eigenvalue weighted by Gasteiger charge is -2.12. The zero-order valence-corrected chi connectivity index (χ0v) is 15.5. The molecule has 21 heavy (non-hydrogen) atoms. The van der Waals surface area contributed by atoms with Gasteiger partial charge >= 0.3 is 0 Å². The van der Waals surface area contributed by atoms with E-state index in [-0.39, 0.29) is 24.0 Å². The van der Waals surface area contributed by atoms with Gasteiger partial charge in [0.2, 0.25) is 0 Å². The van der Waals surface area contributed by atoms with Gasteiger partial charge in [-0.3, -0.25) is 4.99 Å². The van der Waals surface area contributed by atoms with Crippen LogP contribution >= 0.6 is 24.0 Å². The highest BCUT2D eigenvalue weighted by atomic mass is 127. The first-order valence-corrected chi connectivity index (χ1v) is 7.31. The maximum absolute atomic E-state index is 4.52. The van der Waals surface area contributed by atoms with Gasteiger partial charge in [-0.1, -0.05) is 19.1 Å². The van der Waals surface area contributed by atoms with E-state index in [2.05, 4.69) is 50.3 Å². The van der Waals surface area contributed by atoms with Crippen molar-refractivity contribution in [2.75, 3.05) is 19.6 Å². The van der Waals surface area contributed by atoms with E-state index in [0.29, 0.717) is 0 Å². The zero-order chi connectivity index (χ0) is 14.6. The Balaban J connectivity index is 0.00000400. The number of hydrogen-bond donors (Lipinski definition) is 2. The van der Waals surface area contributed by atoms with E-state index in [4.69, 9.17) is 0 Å². The second-order valence-electron chi connectivity index (χ2n) is 4.34. The highest BCUT2D eigenvalue weighted by Crippen LogP contribution is 1.94. The summed E-state index contributed by atoms with van der Waals surface area (Å²) in [5.74, 6) is 1.88. The third kappa shape index (κ3) is 8.03. The van der Waals surface area contributed by atoms with E-state index in [1.807, 2.05) is 13.0 Å². The molecular weight excluding hydrogens is 379 g/mol. The number of halogens is 1. The van der Waals surface area contributed by atoms with Crippen LogP contribution in [0.1, 0.15) is 33.0 Å². The van der Waals surface area contributed by atoms with Crippen LogP contribution < -0.4 is 10.6 Å². The first kappa shape index (κ1) is 19.9. The quantitative estimate of drug-likeness (QED) is 0.228. The minimum Gasteiger partial charge on any atom is -0.357 e. The summed E-state index contributed by atoms with van der Waals surface area (Å²) < 4.78 is 2.07. The predicted molar refractivity (Wildman–Crippen MR) is 98.2 cm³/mol. The summed E-state index contributed by atoms with van der Waals surface area (Å²) in [6.45, 7) is 9.49. The Morgan fingerprint density at radius 1 is 1.38 bits per heavy atom. The van der Waals surface area contributed by atoms with Gasteiger partial charge in [-0.2, -0.15) is 0 Å². The highest BCUT2D eigenvalue weighted by molar-refractivity contribution is 14.0. The Kier molecular flexibility index (Phi) is 11.9. The monoisotopic (exact) mass is 406 g/mol. The van der Waals surface area contributed by atoms with Gasteiger partial charge in [-0.15, -0.1) is 34.2 Å². The highest BCUT2D eigenvalue weighted by Gasteiger charge is 2.01. The number of guanidine groups is 1. The Morgan fingerprint density at radius 2 is 2.19 bits per heavy atom. The molecule has 1 aromatic heterocycles. The summed E-state index contributed by atoms with van der Waals surface area (Å²) in [5, 5.41) is 14.6. The van der Waals surface area contributed by atoms with Crippen molar-refractivity contribution in [1.82, 2.24) is 25.4 Å². The van der Waals surface area contributed by atoms with E-state index < -0.39 is 0 Å². The van der Waals surface area contributed by atoms with Crippen LogP contribution in [-0.2, 0) is 13.0 Å². The van der Waals surface area contributed by atoms with Crippen LogP contribution in [0.2, 0.25) is 0 Å². The van der Waals surface area contributed by atoms with E-state index in [1.54, 1.807) is 6.33 Å². The fraction of sp³-hybridized carbons (Fsp3) is 0.643. The molecule has 0 saturated carbocycles. The van der Waals surface area contributed by atoms with Gasteiger partial charge in [0.05, 0.1) is 0 Å². The van der Waals surface area contributed by atoms with Crippen molar-refractivity contribution >= 4 is 29.9 Å². The molecule has 7 heteroatoms. The van der Waals surface area contributed by atoms with Crippen LogP contribution in [0, 0.1) is 0 Å². The molecule has 0 fully saturated rings. The lowest BCUT2D eigenvalue weighted by Crippen LogP contribution is -2.39. The Hall–Kier alpha value is -1.12. The van der Waals surface area contributed by atoms with E-state index in [0.717, 1.165) is 50.8 Å². The lowest BCUT2D eigenvalue weighted by atomic mass is 10.4. The summed E-state index contributed by atoms with van der Waals surface area (Å²) in [5.41, 5.74) is 0. The second-order valence-corrected chi connectivity index (χ2v) is 4.34. The summed E-state index contributed by atoms with van der Waals surface area (Å²) in [6.07, 6.45) is 7.82. The molecule has 1 aromatic rings. The van der Waals surface area contributed by atoms with E-state index in [9.17, 15) is 0 Å². The number of aliphatic imine (C=N–C) groups is 1. The Labute approximate surface area is 144 Å². The molecule has 0 aromatic carbocycles. The fourth-order valence-corrected chi connectivity index (χ4v) is 1.79. The number of nitrogens with zero attached hydrogens (tertiary/aromatic N) is 4. The van der Waals surface area contributed by atoms with Crippen molar-refractivity contribution in [1.29, 1.82) is 0 Å². The van der Waals surface area contributed by atoms with Gasteiger partial charge in [0, 0.05) is 32.6 Å². The van der Waals surface area contributed by atoms with E-state index in [1.165, 1.54) is 0 Å². The molecule has 0 bridgehead atoms. The molecule has 0 unspecified atom stereocenters. The van der Waals surface area contributed by atoms with Crippen molar-refractivity contribution in [3.63, 3.8) is 0 Å². The molecule has 0 aliphatic rings. The minimum absolute atomic E-state index is 0. The predicted octanol–water partition coefficient (Wildman–Crippen LogP) is 1.98. The molecule has 6 nitrogen and oxygen atoms in total. The molecule has 2 N–H and O–H groups in total. The summed E-state index contributed by atoms with van der Waals surface area (Å²) >= 11 is 0. The van der Waals surface area contributed by atoms with Crippen LogP contribution in [0.15, 0.2) is 23.5 Å². The SMILES string of the molecule is C/C=C/CCN=C(NCC)NCCn1cnnc1CC.I. The van der Waals surface area contributed by atoms with Gasteiger partial charge in [-0.25, -0.2) is 0 Å². The Bertz CT molecular complexity index is 427. The maximum atomic E-state index is 4.52. The van der Waals surface area contributed by atoms with Gasteiger partial charge in [0.15, 0.2) is 5.96 Å². The molecule has 0 aliphatic heterocycles. The van der Waals surface area contributed by atoms with E-state index >= 15 is 0 Å². The van der Waals surface area contributed by atoms with Gasteiger partial charge in [0.25, 0.3) is 0 Å². The number of aromatic nitrogens is 3. The van der Waals surface area contributed by atoms with Crippen LogP contribution in [0.25, 0.3) is 0 Å². The molecule has 120 valence electrons.